The minimum Gasteiger partial charge on any atom is -0.396 e. The molecule has 120 valence electrons. The van der Waals surface area contributed by atoms with Crippen LogP contribution >= 0.6 is 11.6 Å². The van der Waals surface area contributed by atoms with Gasteiger partial charge in [0, 0.05) is 37.0 Å². The van der Waals surface area contributed by atoms with Crippen molar-refractivity contribution in [3.63, 3.8) is 0 Å². The minimum absolute atomic E-state index is 0.279. The maximum absolute atomic E-state index is 8.79. The van der Waals surface area contributed by atoms with Crippen molar-refractivity contribution in [2.45, 2.75) is 45.6 Å². The second kappa shape index (κ2) is 10.0. The van der Waals surface area contributed by atoms with Crippen LogP contribution in [0.25, 0.3) is 0 Å². The van der Waals surface area contributed by atoms with E-state index in [0.717, 1.165) is 55.0 Å². The number of anilines is 1. The largest absolute Gasteiger partial charge is 0.396 e. The fourth-order valence-corrected chi connectivity index (χ4v) is 2.68. The first-order valence-corrected chi connectivity index (χ1v) is 8.32. The molecule has 1 aromatic rings. The predicted octanol–water partition coefficient (Wildman–Crippen LogP) is 4.00. The van der Waals surface area contributed by atoms with Gasteiger partial charge in [0.05, 0.1) is 0 Å². The third kappa shape index (κ3) is 6.25. The van der Waals surface area contributed by atoms with Crippen LogP contribution in [0.5, 0.6) is 0 Å². The Morgan fingerprint density at radius 1 is 1.29 bits per heavy atom. The van der Waals surface area contributed by atoms with Crippen LogP contribution in [0.1, 0.15) is 51.1 Å². The molecule has 4 heteroatoms. The molecule has 2 N–H and O–H groups in total. The topological polar surface area (TPSA) is 35.5 Å². The molecule has 0 radical (unpaired) electrons. The zero-order valence-electron chi connectivity index (χ0n) is 13.5. The normalized spacial score (nSPS) is 12.4. The first-order chi connectivity index (χ1) is 10.1. The summed E-state index contributed by atoms with van der Waals surface area (Å²) in [6.07, 6.45) is 4.15. The van der Waals surface area contributed by atoms with Gasteiger partial charge < -0.3 is 15.3 Å². The quantitative estimate of drug-likeness (QED) is 0.641. The Bertz CT molecular complexity index is 412. The number of hydrogen-bond donors (Lipinski definition) is 2. The van der Waals surface area contributed by atoms with E-state index in [1.807, 2.05) is 6.07 Å². The molecule has 0 aliphatic rings. The number of nitrogens with zero attached hydrogens (tertiary/aromatic N) is 1. The summed E-state index contributed by atoms with van der Waals surface area (Å²) in [4.78, 5) is 2.22. The summed E-state index contributed by atoms with van der Waals surface area (Å²) in [5.74, 6) is 0. The van der Waals surface area contributed by atoms with E-state index in [1.165, 1.54) is 0 Å². The maximum Gasteiger partial charge on any atom is 0.0474 e. The number of aliphatic hydroxyl groups excluding tert-OH is 1. The highest BCUT2D eigenvalue weighted by Crippen LogP contribution is 2.27. The van der Waals surface area contributed by atoms with Crippen molar-refractivity contribution in [1.29, 1.82) is 0 Å². The third-order valence-corrected chi connectivity index (χ3v) is 4.07. The number of rotatable bonds is 10. The molecule has 0 aliphatic heterocycles. The van der Waals surface area contributed by atoms with E-state index in [9.17, 15) is 0 Å². The van der Waals surface area contributed by atoms with E-state index in [2.05, 4.69) is 43.2 Å². The van der Waals surface area contributed by atoms with Crippen LogP contribution in [0.2, 0.25) is 5.02 Å². The molecular weight excluding hydrogens is 284 g/mol. The highest BCUT2D eigenvalue weighted by atomic mass is 35.5. The van der Waals surface area contributed by atoms with Crippen LogP contribution in [0.4, 0.5) is 5.69 Å². The molecular formula is C17H29ClN2O. The monoisotopic (exact) mass is 312 g/mol. The average molecular weight is 313 g/mol. The molecule has 0 aliphatic carbocycles. The molecule has 0 spiro atoms. The lowest BCUT2D eigenvalue weighted by Gasteiger charge is -2.22. The van der Waals surface area contributed by atoms with Gasteiger partial charge in [0.1, 0.15) is 0 Å². The Balaban J connectivity index is 2.59. The van der Waals surface area contributed by atoms with E-state index in [-0.39, 0.29) is 12.6 Å². The lowest BCUT2D eigenvalue weighted by atomic mass is 10.1. The first kappa shape index (κ1) is 18.3. The average Bonchev–Trinajstić information content (AvgIpc) is 2.48. The Kier molecular flexibility index (Phi) is 8.74. The number of hydrogen-bond acceptors (Lipinski definition) is 3. The van der Waals surface area contributed by atoms with Crippen molar-refractivity contribution in [2.75, 3.05) is 31.6 Å². The van der Waals surface area contributed by atoms with Crippen LogP contribution in [0, 0.1) is 0 Å². The van der Waals surface area contributed by atoms with Gasteiger partial charge in [-0.1, -0.05) is 24.6 Å². The first-order valence-electron chi connectivity index (χ1n) is 7.95. The summed E-state index contributed by atoms with van der Waals surface area (Å²) >= 11 is 6.43. The summed E-state index contributed by atoms with van der Waals surface area (Å²) < 4.78 is 0. The van der Waals surface area contributed by atoms with Crippen LogP contribution in [-0.4, -0.2) is 31.9 Å². The zero-order valence-corrected chi connectivity index (χ0v) is 14.3. The zero-order chi connectivity index (χ0) is 15.7. The number of benzene rings is 1. The number of unbranched alkanes of at least 4 members (excludes halogenated alkanes) is 2. The molecule has 0 fully saturated rings. The van der Waals surface area contributed by atoms with E-state index in [4.69, 9.17) is 16.7 Å². The molecule has 0 aromatic heterocycles. The number of nitrogens with one attached hydrogen (secondary N) is 1. The van der Waals surface area contributed by atoms with Gasteiger partial charge in [-0.05, 0) is 56.8 Å². The number of halogens is 1. The molecule has 0 saturated heterocycles. The minimum atomic E-state index is 0.279. The molecule has 0 heterocycles. The number of aliphatic hydroxyl groups is 1. The Morgan fingerprint density at radius 3 is 2.67 bits per heavy atom. The summed E-state index contributed by atoms with van der Waals surface area (Å²) in [6.45, 7) is 6.58. The summed E-state index contributed by atoms with van der Waals surface area (Å²) in [5.41, 5.74) is 2.30. The lowest BCUT2D eigenvalue weighted by Crippen LogP contribution is -2.21. The van der Waals surface area contributed by atoms with Gasteiger partial charge in [-0.2, -0.15) is 0 Å². The van der Waals surface area contributed by atoms with Gasteiger partial charge in [0.15, 0.2) is 0 Å². The van der Waals surface area contributed by atoms with E-state index >= 15 is 0 Å². The summed E-state index contributed by atoms with van der Waals surface area (Å²) in [7, 11) is 2.09. The molecule has 1 unspecified atom stereocenters. The molecule has 0 amide bonds. The fraction of sp³-hybridized carbons (Fsp3) is 0.647. The van der Waals surface area contributed by atoms with Crippen LogP contribution < -0.4 is 10.2 Å². The van der Waals surface area contributed by atoms with Crippen LogP contribution in [0.3, 0.4) is 0 Å². The second-order valence-corrected chi connectivity index (χ2v) is 5.99. The van der Waals surface area contributed by atoms with Gasteiger partial charge >= 0.3 is 0 Å². The smallest absolute Gasteiger partial charge is 0.0474 e. The van der Waals surface area contributed by atoms with Gasteiger partial charge in [0.25, 0.3) is 0 Å². The van der Waals surface area contributed by atoms with E-state index in [0.29, 0.717) is 0 Å². The SMILES string of the molecule is CCCNC(C)c1ccc(N(C)CCCCCO)cc1Cl. The molecule has 21 heavy (non-hydrogen) atoms. The lowest BCUT2D eigenvalue weighted by molar-refractivity contribution is 0.283. The Labute approximate surface area is 134 Å². The van der Waals surface area contributed by atoms with Gasteiger partial charge in [-0.3, -0.25) is 0 Å². The third-order valence-electron chi connectivity index (χ3n) is 3.74. The molecule has 1 rings (SSSR count). The van der Waals surface area contributed by atoms with Crippen molar-refractivity contribution in [2.24, 2.45) is 0 Å². The summed E-state index contributed by atoms with van der Waals surface area (Å²) in [5, 5.41) is 13.1. The molecule has 1 aromatic carbocycles. The Morgan fingerprint density at radius 2 is 2.05 bits per heavy atom. The van der Waals surface area contributed by atoms with Crippen molar-refractivity contribution in [1.82, 2.24) is 5.32 Å². The highest BCUT2D eigenvalue weighted by Gasteiger charge is 2.10. The standard InChI is InChI=1S/C17H29ClN2O/c1-4-10-19-14(2)16-9-8-15(13-17(16)18)20(3)11-6-5-7-12-21/h8-9,13-14,19,21H,4-7,10-12H2,1-3H3. The van der Waals surface area contributed by atoms with Gasteiger partial charge in [0.2, 0.25) is 0 Å². The van der Waals surface area contributed by atoms with Crippen molar-refractivity contribution in [3.8, 4) is 0 Å². The van der Waals surface area contributed by atoms with Crippen LogP contribution in [-0.2, 0) is 0 Å². The molecule has 0 saturated carbocycles. The van der Waals surface area contributed by atoms with Crippen LogP contribution in [0.15, 0.2) is 18.2 Å². The van der Waals surface area contributed by atoms with Gasteiger partial charge in [-0.15, -0.1) is 0 Å². The van der Waals surface area contributed by atoms with Crippen molar-refractivity contribution >= 4 is 17.3 Å². The molecule has 0 bridgehead atoms. The van der Waals surface area contributed by atoms with E-state index in [1.54, 1.807) is 0 Å². The predicted molar refractivity (Wildman–Crippen MR) is 92.4 cm³/mol. The molecule has 3 nitrogen and oxygen atoms in total. The Hall–Kier alpha value is -0.770. The van der Waals surface area contributed by atoms with E-state index < -0.39 is 0 Å². The second-order valence-electron chi connectivity index (χ2n) is 5.59. The van der Waals surface area contributed by atoms with Crippen molar-refractivity contribution < 1.29 is 5.11 Å². The van der Waals surface area contributed by atoms with Gasteiger partial charge in [-0.25, -0.2) is 0 Å². The fourth-order valence-electron chi connectivity index (χ4n) is 2.34. The molecule has 1 atom stereocenters. The summed E-state index contributed by atoms with van der Waals surface area (Å²) in [6, 6.07) is 6.58. The highest BCUT2D eigenvalue weighted by molar-refractivity contribution is 6.31. The van der Waals surface area contributed by atoms with Crippen molar-refractivity contribution in [3.05, 3.63) is 28.8 Å². The maximum atomic E-state index is 8.79.